The number of alkyl carbamates (subject to hydrolysis) is 1. The van der Waals surface area contributed by atoms with Gasteiger partial charge in [0.1, 0.15) is 6.61 Å². The van der Waals surface area contributed by atoms with E-state index >= 15 is 0 Å². The number of carbonyl (C=O) groups excluding carboxylic acids is 3. The number of halogens is 1. The fraction of sp³-hybridized carbons (Fsp3) is 0.323. The Balaban J connectivity index is 0.000000443. The Morgan fingerprint density at radius 2 is 1.14 bits per heavy atom. The summed E-state index contributed by atoms with van der Waals surface area (Å²) in [6, 6.07) is 25.1. The van der Waals surface area contributed by atoms with Crippen LogP contribution >= 0.6 is 11.6 Å². The number of hydrogen-bond donors (Lipinski definition) is 4. The number of nitrogens with two attached hydrogens (primary N) is 1. The van der Waals surface area contributed by atoms with Gasteiger partial charge in [0.05, 0.1) is 25.3 Å². The average molecular weight is 603 g/mol. The highest BCUT2D eigenvalue weighted by molar-refractivity contribution is 6.15. The highest BCUT2D eigenvalue weighted by Crippen LogP contribution is 2.19. The molecule has 0 saturated heterocycles. The van der Waals surface area contributed by atoms with Gasteiger partial charge in [0.25, 0.3) is 0 Å². The van der Waals surface area contributed by atoms with Crippen molar-refractivity contribution < 1.29 is 38.8 Å². The number of carbonyl (C=O) groups is 3. The second kappa shape index (κ2) is 20.8. The highest BCUT2D eigenvalue weighted by atomic mass is 35.5. The van der Waals surface area contributed by atoms with Crippen LogP contribution in [0, 0.1) is 0 Å². The van der Waals surface area contributed by atoms with Gasteiger partial charge in [-0.2, -0.15) is 0 Å². The maximum atomic E-state index is 12.1. The molecule has 4 atom stereocenters. The molecule has 42 heavy (non-hydrogen) atoms. The van der Waals surface area contributed by atoms with Gasteiger partial charge in [-0.05, 0) is 30.5 Å². The van der Waals surface area contributed by atoms with Crippen LogP contribution in [0.4, 0.5) is 4.79 Å². The first-order valence-electron chi connectivity index (χ1n) is 13.2. The molecule has 228 valence electrons. The lowest BCUT2D eigenvalue weighted by molar-refractivity contribution is -0.155. The molecule has 5 N–H and O–H groups in total. The van der Waals surface area contributed by atoms with E-state index in [1.54, 1.807) is 68.4 Å². The monoisotopic (exact) mass is 602 g/mol. The Morgan fingerprint density at radius 3 is 1.62 bits per heavy atom. The normalized spacial score (nSPS) is 12.8. The molecule has 1 amide bonds. The fourth-order valence-corrected chi connectivity index (χ4v) is 3.49. The first kappa shape index (κ1) is 36.1. The smallest absolute Gasteiger partial charge is 0.408 e. The van der Waals surface area contributed by atoms with E-state index in [0.29, 0.717) is 11.1 Å². The van der Waals surface area contributed by atoms with Gasteiger partial charge in [0, 0.05) is 6.38 Å². The van der Waals surface area contributed by atoms with Gasteiger partial charge in [-0.15, -0.1) is 11.6 Å². The van der Waals surface area contributed by atoms with Crippen LogP contribution in [0.25, 0.3) is 0 Å². The maximum absolute atomic E-state index is 12.1. The largest absolute Gasteiger partial charge is 0.464 e. The second-order valence-electron chi connectivity index (χ2n) is 8.42. The van der Waals surface area contributed by atoms with Crippen molar-refractivity contribution in [3.8, 4) is 0 Å². The number of hydrogen-bond acceptors (Lipinski definition) is 9. The summed E-state index contributed by atoms with van der Waals surface area (Å²) in [6.07, 6.45) is -2.11. The van der Waals surface area contributed by atoms with Crippen molar-refractivity contribution >= 4 is 29.6 Å². The van der Waals surface area contributed by atoms with Gasteiger partial charge in [-0.25, -0.2) is 14.4 Å². The molecule has 10 nitrogen and oxygen atoms in total. The van der Waals surface area contributed by atoms with Gasteiger partial charge in [0.15, 0.2) is 12.2 Å². The molecule has 11 heteroatoms. The predicted octanol–water partition coefficient (Wildman–Crippen LogP) is 4.04. The van der Waals surface area contributed by atoms with E-state index in [1.807, 2.05) is 36.4 Å². The predicted molar refractivity (Wildman–Crippen MR) is 159 cm³/mol. The van der Waals surface area contributed by atoms with E-state index in [4.69, 9.17) is 15.2 Å². The summed E-state index contributed by atoms with van der Waals surface area (Å²) >= 11 is 4.64. The minimum absolute atomic E-state index is 0.0870. The van der Waals surface area contributed by atoms with Crippen LogP contribution in [0.3, 0.4) is 0 Å². The molecule has 0 fully saturated rings. The molecular formula is C31H39ClN2O8. The quantitative estimate of drug-likeness (QED) is 0.144. The molecule has 0 unspecified atom stereocenters. The maximum Gasteiger partial charge on any atom is 0.408 e. The molecule has 3 aromatic carbocycles. The number of aliphatic hydroxyl groups excluding tert-OH is 2. The Labute approximate surface area is 251 Å². The lowest BCUT2D eigenvalue weighted by Crippen LogP contribution is -2.41. The topological polar surface area (TPSA) is 157 Å². The van der Waals surface area contributed by atoms with Crippen molar-refractivity contribution in [1.82, 2.24) is 5.32 Å². The summed E-state index contributed by atoms with van der Waals surface area (Å²) in [6.45, 7) is 3.78. The number of nitrogens with one attached hydrogen (secondary N) is 1. The Hall–Kier alpha value is -3.96. The van der Waals surface area contributed by atoms with Crippen LogP contribution in [0.2, 0.25) is 0 Å². The zero-order valence-electron chi connectivity index (χ0n) is 23.9. The van der Waals surface area contributed by atoms with E-state index in [-0.39, 0.29) is 19.8 Å². The summed E-state index contributed by atoms with van der Waals surface area (Å²) in [7, 11) is 0. The van der Waals surface area contributed by atoms with Crippen molar-refractivity contribution in [2.45, 2.75) is 44.7 Å². The van der Waals surface area contributed by atoms with Crippen molar-refractivity contribution in [1.29, 1.82) is 0 Å². The van der Waals surface area contributed by atoms with Crippen molar-refractivity contribution in [3.05, 3.63) is 108 Å². The van der Waals surface area contributed by atoms with Crippen LogP contribution in [0.1, 0.15) is 42.6 Å². The Morgan fingerprint density at radius 1 is 0.714 bits per heavy atom. The van der Waals surface area contributed by atoms with Gasteiger partial charge in [-0.3, -0.25) is 0 Å². The third kappa shape index (κ3) is 12.7. The number of alkyl halides is 1. The Bertz CT molecular complexity index is 1170. The van der Waals surface area contributed by atoms with Crippen LogP contribution in [-0.4, -0.2) is 60.0 Å². The van der Waals surface area contributed by atoms with E-state index in [0.717, 1.165) is 5.56 Å². The molecular weight excluding hydrogens is 564 g/mol. The third-order valence-corrected chi connectivity index (χ3v) is 5.54. The molecule has 3 aromatic rings. The first-order valence-corrected chi connectivity index (χ1v) is 13.9. The van der Waals surface area contributed by atoms with E-state index < -0.39 is 42.3 Å². The minimum atomic E-state index is -1.54. The number of ether oxygens (including phenoxy) is 3. The van der Waals surface area contributed by atoms with Crippen molar-refractivity contribution in [3.63, 3.8) is 0 Å². The average Bonchev–Trinajstić information content (AvgIpc) is 3.04. The van der Waals surface area contributed by atoms with Crippen LogP contribution < -0.4 is 11.1 Å². The molecule has 0 aromatic heterocycles. The first-order chi connectivity index (χ1) is 20.3. The van der Waals surface area contributed by atoms with E-state index in [2.05, 4.69) is 21.7 Å². The zero-order valence-corrected chi connectivity index (χ0v) is 24.6. The van der Waals surface area contributed by atoms with Gasteiger partial charge in [-0.1, -0.05) is 91.0 Å². The number of rotatable bonds is 11. The Kier molecular flexibility index (Phi) is 17.9. The van der Waals surface area contributed by atoms with Crippen molar-refractivity contribution in [2.24, 2.45) is 5.73 Å². The zero-order chi connectivity index (χ0) is 31.3. The van der Waals surface area contributed by atoms with Crippen LogP contribution in [0.15, 0.2) is 91.0 Å². The lowest BCUT2D eigenvalue weighted by Gasteiger charge is -2.23. The number of amides is 1. The molecule has 0 aliphatic carbocycles. The summed E-state index contributed by atoms with van der Waals surface area (Å²) in [5.74, 6) is -1.49. The van der Waals surface area contributed by atoms with Crippen LogP contribution in [0.5, 0.6) is 0 Å². The summed E-state index contributed by atoms with van der Waals surface area (Å²) in [5, 5.41) is 22.4. The minimum Gasteiger partial charge on any atom is -0.464 e. The summed E-state index contributed by atoms with van der Waals surface area (Å²) in [5.41, 5.74) is 7.83. The number of esters is 2. The standard InChI is InChI=1S/C19H21NO5.C11H15NO3.CH3Cl/c1-2-24-18(22)17(21)16(15-11-7-4-8-12-15)20-19(23)25-13-14-9-5-3-6-10-14;1-2-15-11(14)10(13)9(12)8-6-4-3-5-7-8;1-2/h3-12,16-17,21H,2,13H2,1H3,(H,20,23);3-7,9-10,13H,2,12H2,1H3;1H3/t16-,17-;9-,10-;/m00./s1. The SMILES string of the molecule is CCOC(=O)[C@@H](O)[C@@H](N)c1ccccc1.CCOC(=O)[C@@H](O)[C@@H](NC(=O)OCc1ccccc1)c1ccccc1.CCl. The highest BCUT2D eigenvalue weighted by Gasteiger charge is 2.30. The number of benzene rings is 3. The molecule has 0 saturated carbocycles. The molecule has 0 aliphatic rings. The summed E-state index contributed by atoms with van der Waals surface area (Å²) < 4.78 is 14.7. The molecule has 0 radical (unpaired) electrons. The van der Waals surface area contributed by atoms with E-state index in [9.17, 15) is 24.6 Å². The van der Waals surface area contributed by atoms with Gasteiger partial charge in [0.2, 0.25) is 0 Å². The van der Waals surface area contributed by atoms with Crippen molar-refractivity contribution in [2.75, 3.05) is 19.6 Å². The molecule has 0 spiro atoms. The molecule has 0 aliphatic heterocycles. The van der Waals surface area contributed by atoms with Gasteiger partial charge < -0.3 is 35.5 Å². The second-order valence-corrected chi connectivity index (χ2v) is 8.42. The molecule has 0 bridgehead atoms. The number of aliphatic hydroxyl groups is 2. The lowest BCUT2D eigenvalue weighted by atomic mass is 10.0. The molecule has 3 rings (SSSR count). The third-order valence-electron chi connectivity index (χ3n) is 5.54. The summed E-state index contributed by atoms with van der Waals surface area (Å²) in [4.78, 5) is 35.1. The van der Waals surface area contributed by atoms with Gasteiger partial charge >= 0.3 is 18.0 Å². The van der Waals surface area contributed by atoms with Crippen LogP contribution in [-0.2, 0) is 30.4 Å². The fourth-order valence-electron chi connectivity index (χ4n) is 3.49. The molecule has 0 heterocycles. The van der Waals surface area contributed by atoms with E-state index in [1.165, 1.54) is 6.38 Å².